The quantitative estimate of drug-likeness (QED) is 0.130. The van der Waals surface area contributed by atoms with Gasteiger partial charge in [-0.1, -0.05) is 10.6 Å². The van der Waals surface area contributed by atoms with E-state index in [0.717, 1.165) is 4.85 Å². The van der Waals surface area contributed by atoms with Crippen molar-refractivity contribution in [3.63, 3.8) is 0 Å². The molecule has 1 aromatic rings. The molecule has 0 atom stereocenters. The number of tetrazole rings is 1. The molecule has 0 aliphatic heterocycles. The smallest absolute Gasteiger partial charge is 0.360 e. The number of nitrogens with one attached hydrogen (secondary N) is 1. The van der Waals surface area contributed by atoms with Crippen molar-refractivity contribution in [3.8, 4) is 0 Å². The first-order valence-corrected chi connectivity index (χ1v) is 3.54. The van der Waals surface area contributed by atoms with Gasteiger partial charge >= 0.3 is 5.96 Å². The Balaban J connectivity index is 0.000000385. The molecule has 90 valence electrons. The predicted octanol–water partition coefficient (Wildman–Crippen LogP) is -4.86. The highest BCUT2D eigenvalue weighted by molar-refractivity contribution is 5.68. The van der Waals surface area contributed by atoms with Crippen molar-refractivity contribution >= 4 is 11.9 Å². The maximum Gasteiger partial charge on any atom is 0.360 e. The summed E-state index contributed by atoms with van der Waals surface area (Å²) in [6, 6.07) is 0. The molecule has 0 spiro atoms. The summed E-state index contributed by atoms with van der Waals surface area (Å²) in [5.41, 5.74) is 12.3. The molecule has 0 aliphatic carbocycles. The second-order valence-corrected chi connectivity index (χ2v) is 1.97. The molecular weight excluding hydrogens is 224 g/mol. The first kappa shape index (κ1) is 13.1. The molecule has 0 radical (unpaired) electrons. The third-order valence-corrected chi connectivity index (χ3v) is 0.937. The van der Waals surface area contributed by atoms with E-state index in [2.05, 4.69) is 31.6 Å². The first-order chi connectivity index (χ1) is 7.51. The monoisotopic (exact) mass is 234 g/mol. The minimum absolute atomic E-state index is 0.0324. The van der Waals surface area contributed by atoms with Crippen LogP contribution < -0.4 is 27.2 Å². The lowest BCUT2D eigenvalue weighted by Gasteiger charge is -2.04. The van der Waals surface area contributed by atoms with E-state index in [4.69, 9.17) is 11.5 Å². The average Bonchev–Trinajstić information content (AvgIpc) is 2.65. The molecule has 16 heavy (non-hydrogen) atoms. The van der Waals surface area contributed by atoms with Crippen LogP contribution in [0.3, 0.4) is 0 Å². The number of hydrogen-bond acceptors (Lipinski definition) is 7. The summed E-state index contributed by atoms with van der Waals surface area (Å²) in [5, 5.41) is 20.4. The van der Waals surface area contributed by atoms with E-state index in [0.29, 0.717) is 0 Å². The molecule has 0 saturated heterocycles. The number of rotatable bonds is 3. The van der Waals surface area contributed by atoms with Crippen LogP contribution in [0.2, 0.25) is 0 Å². The number of nitrogens with zero attached hydrogens (tertiary/aromatic N) is 6. The lowest BCUT2D eigenvalue weighted by atomic mass is 11.1. The normalized spacial score (nSPS) is 8.31. The van der Waals surface area contributed by atoms with Crippen LogP contribution >= 0.6 is 0 Å². The minimum Gasteiger partial charge on any atom is -0.452 e. The molecule has 13 heteroatoms. The molecule has 0 aromatic carbocycles. The standard InChI is InChI=1S/C2H3N6O3.CH6N4/c1-11-7-2(3-5-6-7)4-8(9)10;2-1(3)5-4/h1H3;4H2,(H4,2,3,5)/q-1;/p+1. The Morgan fingerprint density at radius 2 is 2.25 bits per heavy atom. The van der Waals surface area contributed by atoms with Crippen LogP contribution in [0, 0.1) is 10.1 Å². The molecule has 1 rings (SSSR count). The van der Waals surface area contributed by atoms with Gasteiger partial charge in [-0.2, -0.15) is 5.10 Å². The van der Waals surface area contributed by atoms with Crippen LogP contribution in [0.15, 0.2) is 0 Å². The van der Waals surface area contributed by atoms with Crippen molar-refractivity contribution in [1.82, 2.24) is 20.4 Å². The maximum atomic E-state index is 9.81. The first-order valence-electron chi connectivity index (χ1n) is 3.54. The van der Waals surface area contributed by atoms with Crippen LogP contribution in [0.25, 0.3) is 5.43 Å². The van der Waals surface area contributed by atoms with Crippen molar-refractivity contribution in [3.05, 3.63) is 15.5 Å². The van der Waals surface area contributed by atoms with Gasteiger partial charge in [-0.3, -0.25) is 17.3 Å². The van der Waals surface area contributed by atoms with Crippen molar-refractivity contribution in [2.24, 2.45) is 17.3 Å². The van der Waals surface area contributed by atoms with Gasteiger partial charge in [0.05, 0.1) is 7.11 Å². The minimum atomic E-state index is -0.915. The summed E-state index contributed by atoms with van der Waals surface area (Å²) in [5.74, 6) is 4.36. The van der Waals surface area contributed by atoms with E-state index < -0.39 is 5.03 Å². The maximum absolute atomic E-state index is 9.81. The van der Waals surface area contributed by atoms with Gasteiger partial charge < -0.3 is 4.84 Å². The Labute approximate surface area is 88.3 Å². The van der Waals surface area contributed by atoms with Gasteiger partial charge in [0.15, 0.2) is 5.95 Å². The van der Waals surface area contributed by atoms with E-state index in [1.807, 2.05) is 5.10 Å². The largest absolute Gasteiger partial charge is 0.452 e. The summed E-state index contributed by atoms with van der Waals surface area (Å²) in [6.07, 6.45) is 0. The number of hydrazine groups is 1. The molecule has 0 amide bonds. The second kappa shape index (κ2) is 6.57. The Morgan fingerprint density at radius 3 is 2.62 bits per heavy atom. The highest BCUT2D eigenvalue weighted by Crippen LogP contribution is 2.08. The number of nitrogens with two attached hydrogens (primary N) is 3. The van der Waals surface area contributed by atoms with E-state index in [1.165, 1.54) is 7.11 Å². The Hall–Kier alpha value is -2.86. The molecule has 0 saturated carbocycles. The van der Waals surface area contributed by atoms with E-state index in [9.17, 15) is 10.1 Å². The number of hydrazone groups is 1. The Morgan fingerprint density at radius 1 is 1.69 bits per heavy atom. The third kappa shape index (κ3) is 5.00. The van der Waals surface area contributed by atoms with Gasteiger partial charge in [-0.15, -0.1) is 10.1 Å². The SMILES string of the molecule is COn1nnnc1[N-][N+](=O)[O-].N[NH+]=C(N)N. The molecule has 13 nitrogen and oxygen atoms in total. The third-order valence-electron chi connectivity index (χ3n) is 0.937. The molecule has 0 unspecified atom stereocenters. The lowest BCUT2D eigenvalue weighted by Crippen LogP contribution is -2.84. The van der Waals surface area contributed by atoms with E-state index in [1.54, 1.807) is 0 Å². The summed E-state index contributed by atoms with van der Waals surface area (Å²) >= 11 is 0. The second-order valence-electron chi connectivity index (χ2n) is 1.97. The number of aromatic nitrogens is 4. The van der Waals surface area contributed by atoms with Gasteiger partial charge in [0.1, 0.15) is 5.03 Å². The molecule has 0 aliphatic rings. The highest BCUT2D eigenvalue weighted by atomic mass is 16.7. The lowest BCUT2D eigenvalue weighted by molar-refractivity contribution is -0.471. The highest BCUT2D eigenvalue weighted by Gasteiger charge is 1.99. The molecule has 7 N–H and O–H groups in total. The van der Waals surface area contributed by atoms with Gasteiger partial charge in [0.25, 0.3) is 0 Å². The Kier molecular flexibility index (Phi) is 5.40. The number of nitro groups is 1. The van der Waals surface area contributed by atoms with E-state index in [-0.39, 0.29) is 11.9 Å². The fourth-order valence-electron chi connectivity index (χ4n) is 0.424. The van der Waals surface area contributed by atoms with Crippen molar-refractivity contribution in [2.75, 3.05) is 7.11 Å². The fourth-order valence-corrected chi connectivity index (χ4v) is 0.424. The molecular formula is C3H10N10O3. The summed E-state index contributed by atoms with van der Waals surface area (Å²) < 4.78 is 0. The van der Waals surface area contributed by atoms with Crippen LogP contribution in [0.5, 0.6) is 0 Å². The average molecular weight is 234 g/mol. The van der Waals surface area contributed by atoms with Crippen LogP contribution in [0.4, 0.5) is 5.95 Å². The summed E-state index contributed by atoms with van der Waals surface area (Å²) in [4.78, 5) is 15.0. The number of guanidine groups is 1. The Bertz CT molecular complexity index is 354. The van der Waals surface area contributed by atoms with Crippen molar-refractivity contribution in [1.29, 1.82) is 0 Å². The van der Waals surface area contributed by atoms with Crippen molar-refractivity contribution in [2.45, 2.75) is 0 Å². The molecule has 1 heterocycles. The van der Waals surface area contributed by atoms with Gasteiger partial charge in [0, 0.05) is 0 Å². The van der Waals surface area contributed by atoms with Crippen LogP contribution in [-0.2, 0) is 0 Å². The zero-order chi connectivity index (χ0) is 12.6. The fraction of sp³-hybridized carbons (Fsp3) is 0.333. The topological polar surface area (TPSA) is 202 Å². The zero-order valence-electron chi connectivity index (χ0n) is 8.14. The van der Waals surface area contributed by atoms with Gasteiger partial charge in [0.2, 0.25) is 0 Å². The van der Waals surface area contributed by atoms with Gasteiger partial charge in [-0.25, -0.2) is 15.2 Å². The molecule has 0 fully saturated rings. The molecule has 0 bridgehead atoms. The van der Waals surface area contributed by atoms with Crippen molar-refractivity contribution < 1.29 is 15.0 Å². The number of hydrogen-bond donors (Lipinski definition) is 4. The van der Waals surface area contributed by atoms with E-state index >= 15 is 0 Å². The van der Waals surface area contributed by atoms with Crippen LogP contribution in [0.1, 0.15) is 0 Å². The van der Waals surface area contributed by atoms with Crippen LogP contribution in [-0.4, -0.2) is 38.5 Å². The molecule has 1 aromatic heterocycles. The van der Waals surface area contributed by atoms with Gasteiger partial charge in [-0.05, 0) is 0 Å². The summed E-state index contributed by atoms with van der Waals surface area (Å²) in [6.45, 7) is 0. The predicted molar refractivity (Wildman–Crippen MR) is 48.9 cm³/mol. The zero-order valence-corrected chi connectivity index (χ0v) is 8.14. The summed E-state index contributed by atoms with van der Waals surface area (Å²) in [7, 11) is 1.26.